The lowest BCUT2D eigenvalue weighted by atomic mass is 9.97. The Balaban J connectivity index is 2.09. The lowest BCUT2D eigenvalue weighted by Gasteiger charge is -2.22. The van der Waals surface area contributed by atoms with Crippen molar-refractivity contribution in [2.45, 2.75) is 19.3 Å². The van der Waals surface area contributed by atoms with Gasteiger partial charge in [0.05, 0.1) is 0 Å². The highest BCUT2D eigenvalue weighted by atomic mass is 31.2. The number of phosphoric acid groups is 1. The number of phosphoric ester groups is 1. The van der Waals surface area contributed by atoms with Gasteiger partial charge in [0.25, 0.3) is 0 Å². The molecule has 6 nitrogen and oxygen atoms in total. The Morgan fingerprint density at radius 2 is 2.14 bits per heavy atom. The maximum atomic E-state index is 11.0. The molecule has 0 spiro atoms. The van der Waals surface area contributed by atoms with Crippen LogP contribution >= 0.6 is 7.82 Å². The largest absolute Gasteiger partial charge is 0.524 e. The van der Waals surface area contributed by atoms with E-state index < -0.39 is 7.82 Å². The summed E-state index contributed by atoms with van der Waals surface area (Å²) in [6.45, 7) is 1.00. The fourth-order valence-electron chi connectivity index (χ4n) is 2.34. The molecule has 0 saturated heterocycles. The number of fused-ring (bicyclic) bond motifs is 1. The zero-order chi connectivity index (χ0) is 15.5. The van der Waals surface area contributed by atoms with Gasteiger partial charge in [0, 0.05) is 23.9 Å². The Hall–Kier alpha value is -1.33. The Bertz CT molecular complexity index is 580. The van der Waals surface area contributed by atoms with Gasteiger partial charge >= 0.3 is 7.82 Å². The van der Waals surface area contributed by atoms with Crippen LogP contribution in [0.1, 0.15) is 18.4 Å². The Kier molecular flexibility index (Phi) is 5.06. The molecule has 0 bridgehead atoms. The van der Waals surface area contributed by atoms with E-state index in [0.717, 1.165) is 30.6 Å². The Labute approximate surface area is 124 Å². The van der Waals surface area contributed by atoms with E-state index in [9.17, 15) is 4.57 Å². The highest BCUT2D eigenvalue weighted by Gasteiger charge is 2.22. The van der Waals surface area contributed by atoms with Crippen molar-refractivity contribution in [3.05, 3.63) is 35.5 Å². The van der Waals surface area contributed by atoms with Gasteiger partial charge in [0.2, 0.25) is 0 Å². The van der Waals surface area contributed by atoms with Gasteiger partial charge in [-0.25, -0.2) is 4.57 Å². The van der Waals surface area contributed by atoms with Gasteiger partial charge in [-0.05, 0) is 51.2 Å². The molecule has 0 aliphatic carbocycles. The fourth-order valence-corrected chi connectivity index (χ4v) is 2.76. The quantitative estimate of drug-likeness (QED) is 0.700. The summed E-state index contributed by atoms with van der Waals surface area (Å²) in [4.78, 5) is 20.1. The summed E-state index contributed by atoms with van der Waals surface area (Å²) in [6, 6.07) is 5.17. The minimum atomic E-state index is -4.54. The van der Waals surface area contributed by atoms with Crippen LogP contribution in [-0.2, 0) is 11.0 Å². The van der Waals surface area contributed by atoms with Crippen molar-refractivity contribution in [2.75, 3.05) is 26.0 Å². The molecule has 116 valence electrons. The summed E-state index contributed by atoms with van der Waals surface area (Å²) in [5.74, 6) is 0.242. The molecule has 0 fully saturated rings. The van der Waals surface area contributed by atoms with Crippen molar-refractivity contribution >= 4 is 13.5 Å². The highest BCUT2D eigenvalue weighted by molar-refractivity contribution is 7.46. The minimum Gasteiger partial charge on any atom is -0.404 e. The number of hydrogen-bond donors (Lipinski definition) is 3. The minimum absolute atomic E-state index is 0.242. The van der Waals surface area contributed by atoms with Crippen LogP contribution in [0, 0.1) is 0 Å². The third kappa shape index (κ3) is 4.86. The van der Waals surface area contributed by atoms with Gasteiger partial charge < -0.3 is 14.7 Å². The second-order valence-electron chi connectivity index (χ2n) is 5.39. The van der Waals surface area contributed by atoms with E-state index in [4.69, 9.17) is 14.3 Å². The highest BCUT2D eigenvalue weighted by Crippen LogP contribution is 2.42. The smallest absolute Gasteiger partial charge is 0.404 e. The van der Waals surface area contributed by atoms with Gasteiger partial charge in [0.1, 0.15) is 5.75 Å². The second-order valence-corrected chi connectivity index (χ2v) is 6.56. The van der Waals surface area contributed by atoms with E-state index in [0.29, 0.717) is 6.42 Å². The molecular weight excluding hydrogens is 291 g/mol. The normalized spacial score (nSPS) is 14.4. The third-order valence-electron chi connectivity index (χ3n) is 3.29. The molecule has 0 atom stereocenters. The van der Waals surface area contributed by atoms with Gasteiger partial charge in [-0.15, -0.1) is 0 Å². The Morgan fingerprint density at radius 3 is 2.81 bits per heavy atom. The molecule has 1 heterocycles. The monoisotopic (exact) mass is 312 g/mol. The topological polar surface area (TPSA) is 82.0 Å². The van der Waals surface area contributed by atoms with Crippen molar-refractivity contribution in [3.8, 4) is 5.75 Å². The second kappa shape index (κ2) is 6.62. The number of hydrogen-bond acceptors (Lipinski definition) is 4. The average Bonchev–Trinajstić information content (AvgIpc) is 2.37. The molecule has 0 radical (unpaired) electrons. The van der Waals surface area contributed by atoms with E-state index in [-0.39, 0.29) is 5.75 Å². The maximum Gasteiger partial charge on any atom is 0.524 e. The molecule has 1 aliphatic heterocycles. The summed E-state index contributed by atoms with van der Waals surface area (Å²) >= 11 is 0. The third-order valence-corrected chi connectivity index (χ3v) is 3.72. The van der Waals surface area contributed by atoms with Gasteiger partial charge in [-0.1, -0.05) is 6.07 Å². The summed E-state index contributed by atoms with van der Waals surface area (Å²) < 4.78 is 15.8. The van der Waals surface area contributed by atoms with Crippen LogP contribution in [0.3, 0.4) is 0 Å². The van der Waals surface area contributed by atoms with Crippen molar-refractivity contribution in [1.29, 1.82) is 0 Å². The molecule has 1 aromatic rings. The Morgan fingerprint density at radius 1 is 1.38 bits per heavy atom. The van der Waals surface area contributed by atoms with Crippen LogP contribution < -0.4 is 9.84 Å². The van der Waals surface area contributed by atoms with Gasteiger partial charge in [0.15, 0.2) is 0 Å². The number of anilines is 1. The first kappa shape index (κ1) is 16.0. The number of nitrogens with zero attached hydrogens (tertiary/aromatic N) is 1. The first-order valence-electron chi connectivity index (χ1n) is 6.81. The lowest BCUT2D eigenvalue weighted by Crippen LogP contribution is -2.14. The van der Waals surface area contributed by atoms with Crippen molar-refractivity contribution in [3.63, 3.8) is 0 Å². The molecule has 0 aromatic heterocycles. The first-order valence-corrected chi connectivity index (χ1v) is 8.34. The molecule has 0 saturated carbocycles. The standard InChI is InChI=1S/C14H21N2O4P/c1-16(2)8-4-5-11-9-12-13(15-10-11)6-3-7-14(12)20-21(17,18)19/h3,6-7,10,15H,4-5,8-9H2,1-2H3,(H2,17,18,19). The summed E-state index contributed by atoms with van der Waals surface area (Å²) in [7, 11) is -0.469. The molecule has 21 heavy (non-hydrogen) atoms. The zero-order valence-electron chi connectivity index (χ0n) is 12.2. The van der Waals surface area contributed by atoms with Crippen LogP contribution in [0.25, 0.3) is 0 Å². The molecule has 0 amide bonds. The number of allylic oxidation sites excluding steroid dienone is 1. The van der Waals surface area contributed by atoms with Crippen molar-refractivity contribution in [1.82, 2.24) is 4.90 Å². The van der Waals surface area contributed by atoms with Crippen LogP contribution in [-0.4, -0.2) is 35.3 Å². The summed E-state index contributed by atoms with van der Waals surface area (Å²) in [5, 5.41) is 3.17. The van der Waals surface area contributed by atoms with Crippen LogP contribution in [0.15, 0.2) is 30.0 Å². The van der Waals surface area contributed by atoms with E-state index in [2.05, 4.69) is 10.2 Å². The zero-order valence-corrected chi connectivity index (χ0v) is 13.1. The van der Waals surface area contributed by atoms with E-state index >= 15 is 0 Å². The summed E-state index contributed by atoms with van der Waals surface area (Å²) in [6.07, 6.45) is 4.59. The van der Waals surface area contributed by atoms with Gasteiger partial charge in [-0.2, -0.15) is 0 Å². The van der Waals surface area contributed by atoms with Gasteiger partial charge in [-0.3, -0.25) is 9.79 Å². The van der Waals surface area contributed by atoms with E-state index in [1.807, 2.05) is 26.4 Å². The molecule has 3 N–H and O–H groups in total. The SMILES string of the molecule is CN(C)CCCC1=CNc2cccc(OP(=O)(O)O)c2C1. The predicted molar refractivity (Wildman–Crippen MR) is 82.3 cm³/mol. The molecule has 7 heteroatoms. The van der Waals surface area contributed by atoms with Crippen LogP contribution in [0.4, 0.5) is 5.69 Å². The molecular formula is C14H21N2O4P. The van der Waals surface area contributed by atoms with Crippen LogP contribution in [0.5, 0.6) is 5.75 Å². The number of rotatable bonds is 6. The number of nitrogens with one attached hydrogen (secondary N) is 1. The fraction of sp³-hybridized carbons (Fsp3) is 0.429. The van der Waals surface area contributed by atoms with E-state index in [1.165, 1.54) is 5.57 Å². The number of benzene rings is 1. The maximum absolute atomic E-state index is 11.0. The summed E-state index contributed by atoms with van der Waals surface area (Å²) in [5.41, 5.74) is 2.83. The van der Waals surface area contributed by atoms with Crippen LogP contribution in [0.2, 0.25) is 0 Å². The van der Waals surface area contributed by atoms with E-state index in [1.54, 1.807) is 12.1 Å². The molecule has 1 aliphatic rings. The molecule has 0 unspecified atom stereocenters. The predicted octanol–water partition coefficient (Wildman–Crippen LogP) is 2.35. The molecule has 1 aromatic carbocycles. The van der Waals surface area contributed by atoms with Crippen molar-refractivity contribution < 1.29 is 18.9 Å². The lowest BCUT2D eigenvalue weighted by molar-refractivity contribution is 0.282. The van der Waals surface area contributed by atoms with Crippen molar-refractivity contribution in [2.24, 2.45) is 0 Å². The first-order chi connectivity index (χ1) is 9.85. The molecule has 2 rings (SSSR count). The average molecular weight is 312 g/mol.